The molecule has 1 aliphatic heterocycles. The maximum Gasteiger partial charge on any atom is 0.300 e. The Morgan fingerprint density at radius 3 is 2.32 bits per heavy atom. The van der Waals surface area contributed by atoms with Gasteiger partial charge in [-0.15, -0.1) is 0 Å². The predicted octanol–water partition coefficient (Wildman–Crippen LogP) is 5.91. The highest BCUT2D eigenvalue weighted by atomic mass is 79.9. The molecule has 3 aromatic carbocycles. The molecule has 1 unspecified atom stereocenters. The van der Waals surface area contributed by atoms with Crippen LogP contribution >= 0.6 is 15.9 Å². The largest absolute Gasteiger partial charge is 0.508 e. The van der Waals surface area contributed by atoms with E-state index in [0.29, 0.717) is 33.0 Å². The monoisotopic (exact) mass is 521 g/mol. The Kier molecular flexibility index (Phi) is 6.48. The van der Waals surface area contributed by atoms with Crippen LogP contribution in [0.1, 0.15) is 42.5 Å². The zero-order valence-electron chi connectivity index (χ0n) is 18.9. The average Bonchev–Trinajstić information content (AvgIpc) is 3.09. The van der Waals surface area contributed by atoms with Crippen LogP contribution in [0.15, 0.2) is 76.8 Å². The lowest BCUT2D eigenvalue weighted by Gasteiger charge is -2.26. The lowest BCUT2D eigenvalue weighted by molar-refractivity contribution is -0.132. The molecule has 1 amide bonds. The van der Waals surface area contributed by atoms with E-state index in [4.69, 9.17) is 4.74 Å². The van der Waals surface area contributed by atoms with Gasteiger partial charge in [0, 0.05) is 11.3 Å². The number of rotatable bonds is 5. The maximum absolute atomic E-state index is 13.2. The van der Waals surface area contributed by atoms with Gasteiger partial charge in [0.15, 0.2) is 0 Å². The van der Waals surface area contributed by atoms with Crippen molar-refractivity contribution in [2.24, 2.45) is 0 Å². The molecule has 3 aromatic rings. The van der Waals surface area contributed by atoms with Gasteiger partial charge < -0.3 is 14.9 Å². The van der Waals surface area contributed by atoms with Crippen molar-refractivity contribution in [2.45, 2.75) is 25.8 Å². The first-order valence-electron chi connectivity index (χ1n) is 10.8. The Balaban J connectivity index is 1.91. The van der Waals surface area contributed by atoms with Crippen LogP contribution in [0.2, 0.25) is 0 Å². The quantitative estimate of drug-likeness (QED) is 0.247. The molecule has 0 spiro atoms. The number of aromatic hydroxyl groups is 1. The number of aliphatic hydroxyl groups excluding tert-OH is 1. The van der Waals surface area contributed by atoms with Crippen molar-refractivity contribution in [3.8, 4) is 11.5 Å². The maximum atomic E-state index is 13.2. The second-order valence-electron chi connectivity index (χ2n) is 8.36. The summed E-state index contributed by atoms with van der Waals surface area (Å²) >= 11 is 3.39. The number of Topliss-reactive ketones (excluding diaryl/α,β-unsaturated/α-hetero) is 1. The number of hydrogen-bond acceptors (Lipinski definition) is 5. The van der Waals surface area contributed by atoms with E-state index < -0.39 is 17.7 Å². The van der Waals surface area contributed by atoms with Crippen LogP contribution in [-0.2, 0) is 9.59 Å². The van der Waals surface area contributed by atoms with E-state index in [1.54, 1.807) is 42.5 Å². The number of carbonyl (C=O) groups excluding carboxylic acids is 2. The highest BCUT2D eigenvalue weighted by Gasteiger charge is 2.47. The summed E-state index contributed by atoms with van der Waals surface area (Å²) in [5.41, 5.74) is 2.42. The highest BCUT2D eigenvalue weighted by molar-refractivity contribution is 9.10. The minimum atomic E-state index is -0.919. The van der Waals surface area contributed by atoms with Gasteiger partial charge in [0.2, 0.25) is 0 Å². The number of anilines is 1. The highest BCUT2D eigenvalue weighted by Crippen LogP contribution is 2.43. The average molecular weight is 522 g/mol. The third-order valence-electron chi connectivity index (χ3n) is 5.89. The van der Waals surface area contributed by atoms with Gasteiger partial charge in [-0.2, -0.15) is 0 Å². The van der Waals surface area contributed by atoms with E-state index in [2.05, 4.69) is 29.8 Å². The number of nitrogens with zero attached hydrogens (tertiary/aromatic N) is 1. The fourth-order valence-electron chi connectivity index (χ4n) is 4.10. The van der Waals surface area contributed by atoms with Gasteiger partial charge in [0.05, 0.1) is 23.2 Å². The van der Waals surface area contributed by atoms with Crippen molar-refractivity contribution < 1.29 is 24.5 Å². The predicted molar refractivity (Wildman–Crippen MR) is 134 cm³/mol. The Morgan fingerprint density at radius 1 is 1.03 bits per heavy atom. The molecular formula is C27H24BrNO5. The number of halogens is 1. The van der Waals surface area contributed by atoms with E-state index in [-0.39, 0.29) is 17.1 Å². The summed E-state index contributed by atoms with van der Waals surface area (Å²) in [6, 6.07) is 17.7. The van der Waals surface area contributed by atoms with E-state index in [1.807, 2.05) is 12.1 Å². The number of phenols is 1. The molecule has 1 aliphatic rings. The van der Waals surface area contributed by atoms with Crippen molar-refractivity contribution in [1.82, 2.24) is 0 Å². The summed E-state index contributed by atoms with van der Waals surface area (Å²) in [4.78, 5) is 27.9. The lowest BCUT2D eigenvalue weighted by atomic mass is 9.94. The lowest BCUT2D eigenvalue weighted by Crippen LogP contribution is -2.29. The Morgan fingerprint density at radius 2 is 1.74 bits per heavy atom. The molecular weight excluding hydrogens is 498 g/mol. The third kappa shape index (κ3) is 4.19. The molecule has 2 N–H and O–H groups in total. The zero-order chi connectivity index (χ0) is 24.6. The minimum Gasteiger partial charge on any atom is -0.508 e. The number of amides is 1. The van der Waals surface area contributed by atoms with Crippen molar-refractivity contribution >= 4 is 39.1 Å². The van der Waals surface area contributed by atoms with Crippen LogP contribution in [0.5, 0.6) is 11.5 Å². The molecule has 4 rings (SSSR count). The Labute approximate surface area is 206 Å². The van der Waals surface area contributed by atoms with Crippen LogP contribution in [0.25, 0.3) is 5.76 Å². The number of carbonyl (C=O) groups is 2. The summed E-state index contributed by atoms with van der Waals surface area (Å²) in [6.45, 7) is 4.14. The van der Waals surface area contributed by atoms with Gasteiger partial charge in [-0.05, 0) is 75.4 Å². The summed E-state index contributed by atoms with van der Waals surface area (Å²) < 4.78 is 5.84. The van der Waals surface area contributed by atoms with Crippen molar-refractivity contribution in [2.75, 3.05) is 12.0 Å². The molecule has 34 heavy (non-hydrogen) atoms. The molecule has 6 nitrogen and oxygen atoms in total. The van der Waals surface area contributed by atoms with E-state index in [9.17, 15) is 19.8 Å². The second kappa shape index (κ2) is 9.35. The number of hydrogen-bond donors (Lipinski definition) is 2. The zero-order valence-corrected chi connectivity index (χ0v) is 20.5. The molecule has 0 aliphatic carbocycles. The summed E-state index contributed by atoms with van der Waals surface area (Å²) in [6.07, 6.45) is 0. The smallest absolute Gasteiger partial charge is 0.300 e. The van der Waals surface area contributed by atoms with Crippen molar-refractivity contribution in [3.05, 3.63) is 93.5 Å². The van der Waals surface area contributed by atoms with Gasteiger partial charge in [-0.3, -0.25) is 14.5 Å². The molecule has 1 fully saturated rings. The molecule has 1 atom stereocenters. The first-order chi connectivity index (χ1) is 16.2. The van der Waals surface area contributed by atoms with Gasteiger partial charge in [0.1, 0.15) is 17.3 Å². The minimum absolute atomic E-state index is 0.00886. The summed E-state index contributed by atoms with van der Waals surface area (Å²) in [5.74, 6) is -1.00. The third-order valence-corrected chi connectivity index (χ3v) is 6.51. The number of benzene rings is 3. The summed E-state index contributed by atoms with van der Waals surface area (Å²) in [5, 5.41) is 21.3. The van der Waals surface area contributed by atoms with Crippen molar-refractivity contribution in [3.63, 3.8) is 0 Å². The molecule has 0 radical (unpaired) electrons. The van der Waals surface area contributed by atoms with Gasteiger partial charge >= 0.3 is 0 Å². The molecule has 1 heterocycles. The number of ether oxygens (including phenoxy) is 1. The van der Waals surface area contributed by atoms with E-state index >= 15 is 0 Å². The molecule has 174 valence electrons. The normalized spacial score (nSPS) is 17.4. The SMILES string of the molecule is COc1ccc(/C(O)=C2/C(=O)C(=O)N(c3ccc(C(C)C)cc3)C2c2cccc(O)c2)cc1Br. The molecule has 0 aromatic heterocycles. The number of aliphatic hydroxyl groups is 1. The van der Waals surface area contributed by atoms with Gasteiger partial charge in [-0.25, -0.2) is 0 Å². The second-order valence-corrected chi connectivity index (χ2v) is 9.21. The number of ketones is 1. The van der Waals surface area contributed by atoms with Crippen LogP contribution in [0.3, 0.4) is 0 Å². The molecule has 7 heteroatoms. The van der Waals surface area contributed by atoms with Crippen LogP contribution in [-0.4, -0.2) is 29.0 Å². The van der Waals surface area contributed by atoms with E-state index in [1.165, 1.54) is 24.1 Å². The standard InChI is InChI=1S/C27H24BrNO5/c1-15(2)16-7-10-19(11-8-16)29-24(17-5-4-6-20(30)13-17)23(26(32)27(29)33)25(31)18-9-12-22(34-3)21(28)14-18/h4-15,24,30-31H,1-3H3/b25-23-. The van der Waals surface area contributed by atoms with E-state index in [0.717, 1.165) is 5.56 Å². The van der Waals surface area contributed by atoms with Crippen molar-refractivity contribution in [1.29, 1.82) is 0 Å². The van der Waals surface area contributed by atoms with Crippen LogP contribution < -0.4 is 9.64 Å². The Bertz CT molecular complexity index is 1300. The first kappa shape index (κ1) is 23.6. The first-order valence-corrected chi connectivity index (χ1v) is 11.6. The topological polar surface area (TPSA) is 87.1 Å². The fraction of sp³-hybridized carbons (Fsp3) is 0.185. The fourth-order valence-corrected chi connectivity index (χ4v) is 4.64. The van der Waals surface area contributed by atoms with Gasteiger partial charge in [-0.1, -0.05) is 38.1 Å². The molecule has 0 bridgehead atoms. The molecule has 1 saturated heterocycles. The number of methoxy groups -OCH3 is 1. The summed E-state index contributed by atoms with van der Waals surface area (Å²) in [7, 11) is 1.53. The molecule has 0 saturated carbocycles. The van der Waals surface area contributed by atoms with Gasteiger partial charge in [0.25, 0.3) is 11.7 Å². The van der Waals surface area contributed by atoms with Crippen LogP contribution in [0, 0.1) is 0 Å². The number of phenolic OH excluding ortho intramolecular Hbond substituents is 1. The van der Waals surface area contributed by atoms with Crippen LogP contribution in [0.4, 0.5) is 5.69 Å². The Hall–Kier alpha value is -3.58.